The van der Waals surface area contributed by atoms with Gasteiger partial charge in [0.25, 0.3) is 0 Å². The molecule has 4 nitrogen and oxygen atoms in total. The summed E-state index contributed by atoms with van der Waals surface area (Å²) >= 11 is 4.76. The van der Waals surface area contributed by atoms with E-state index in [4.69, 9.17) is 18.0 Å². The molecule has 0 bridgehead atoms. The van der Waals surface area contributed by atoms with Gasteiger partial charge in [-0.25, -0.2) is 0 Å². The van der Waals surface area contributed by atoms with Crippen molar-refractivity contribution < 1.29 is 0 Å². The fourth-order valence-corrected chi connectivity index (χ4v) is 1.56. The molecule has 98 valence electrons. The molecule has 0 fully saturated rings. The van der Waals surface area contributed by atoms with Crippen LogP contribution >= 0.6 is 24.6 Å². The maximum atomic E-state index is 5.40. The first kappa shape index (κ1) is 15.1. The normalized spacial score (nSPS) is 10.4. The number of hydrogen-bond acceptors (Lipinski definition) is 3. The second-order valence-corrected chi connectivity index (χ2v) is 3.98. The van der Waals surface area contributed by atoms with Crippen LogP contribution in [0, 0.1) is 0 Å². The van der Waals surface area contributed by atoms with Gasteiger partial charge in [0.05, 0.1) is 5.71 Å². The summed E-state index contributed by atoms with van der Waals surface area (Å²) in [4.78, 5) is 3.99. The molecule has 1 aromatic carbocycles. The number of thiocarbonyl (C=S) groups is 1. The molecule has 3 N–H and O–H groups in total. The van der Waals surface area contributed by atoms with E-state index in [1.807, 2.05) is 42.5 Å². The fraction of sp³-hybridized carbons (Fsp3) is 0. The van der Waals surface area contributed by atoms with Crippen LogP contribution < -0.4 is 11.2 Å². The third-order valence-corrected chi connectivity index (χ3v) is 2.37. The van der Waals surface area contributed by atoms with E-state index in [9.17, 15) is 0 Å². The number of nitrogens with one attached hydrogen (secondary N) is 1. The smallest absolute Gasteiger partial charge is 0.184 e. The number of nitrogens with two attached hydrogens (primary N) is 1. The first-order valence-corrected chi connectivity index (χ1v) is 5.77. The van der Waals surface area contributed by atoms with Crippen LogP contribution in [-0.4, -0.2) is 15.8 Å². The van der Waals surface area contributed by atoms with Crippen LogP contribution in [0.5, 0.6) is 0 Å². The second kappa shape index (κ2) is 7.45. The lowest BCUT2D eigenvalue weighted by Gasteiger charge is -2.07. The third-order valence-electron chi connectivity index (χ3n) is 2.28. The van der Waals surface area contributed by atoms with E-state index in [0.29, 0.717) is 0 Å². The van der Waals surface area contributed by atoms with E-state index < -0.39 is 0 Å². The Balaban J connectivity index is 0.00000180. The van der Waals surface area contributed by atoms with E-state index in [0.717, 1.165) is 16.8 Å². The van der Waals surface area contributed by atoms with E-state index >= 15 is 0 Å². The summed E-state index contributed by atoms with van der Waals surface area (Å²) in [6.07, 6.45) is 3.43. The number of halogens is 1. The lowest BCUT2D eigenvalue weighted by Crippen LogP contribution is -2.26. The molecule has 0 saturated heterocycles. The van der Waals surface area contributed by atoms with Crippen LogP contribution in [0.25, 0.3) is 0 Å². The SMILES string of the molecule is Cl.NC(=S)N/N=C(\c1ccccc1)c1ccncc1. The van der Waals surface area contributed by atoms with Crippen LogP contribution in [0.2, 0.25) is 0 Å². The summed E-state index contributed by atoms with van der Waals surface area (Å²) < 4.78 is 0. The minimum absolute atomic E-state index is 0. The summed E-state index contributed by atoms with van der Waals surface area (Å²) in [6.45, 7) is 0. The highest BCUT2D eigenvalue weighted by Crippen LogP contribution is 2.09. The lowest BCUT2D eigenvalue weighted by atomic mass is 10.0. The minimum atomic E-state index is 0. The van der Waals surface area contributed by atoms with Gasteiger partial charge < -0.3 is 5.73 Å². The van der Waals surface area contributed by atoms with Gasteiger partial charge >= 0.3 is 0 Å². The van der Waals surface area contributed by atoms with Crippen molar-refractivity contribution >= 4 is 35.4 Å². The van der Waals surface area contributed by atoms with E-state index in [-0.39, 0.29) is 17.5 Å². The van der Waals surface area contributed by atoms with Gasteiger partial charge in [0.15, 0.2) is 5.11 Å². The van der Waals surface area contributed by atoms with Gasteiger partial charge in [0.1, 0.15) is 0 Å². The van der Waals surface area contributed by atoms with Crippen molar-refractivity contribution in [3.63, 3.8) is 0 Å². The Morgan fingerprint density at radius 1 is 1.05 bits per heavy atom. The van der Waals surface area contributed by atoms with E-state index in [1.54, 1.807) is 12.4 Å². The number of pyridine rings is 1. The van der Waals surface area contributed by atoms with E-state index in [2.05, 4.69) is 15.5 Å². The van der Waals surface area contributed by atoms with Crippen molar-refractivity contribution in [1.29, 1.82) is 0 Å². The summed E-state index contributed by atoms with van der Waals surface area (Å²) in [7, 11) is 0. The monoisotopic (exact) mass is 292 g/mol. The molecule has 1 aromatic heterocycles. The van der Waals surface area contributed by atoms with Crippen molar-refractivity contribution in [3.05, 3.63) is 66.0 Å². The Morgan fingerprint density at radius 2 is 1.63 bits per heavy atom. The van der Waals surface area contributed by atoms with Gasteiger partial charge in [0.2, 0.25) is 0 Å². The van der Waals surface area contributed by atoms with Crippen molar-refractivity contribution in [2.75, 3.05) is 0 Å². The Bertz CT molecular complexity index is 516. The van der Waals surface area contributed by atoms with Gasteiger partial charge in [-0.1, -0.05) is 30.3 Å². The second-order valence-electron chi connectivity index (χ2n) is 3.54. The first-order valence-electron chi connectivity index (χ1n) is 5.36. The molecule has 0 amide bonds. The zero-order chi connectivity index (χ0) is 12.8. The lowest BCUT2D eigenvalue weighted by molar-refractivity contribution is 1.03. The topological polar surface area (TPSA) is 63.3 Å². The number of aromatic nitrogens is 1. The molecular weight excluding hydrogens is 280 g/mol. The molecule has 0 aliphatic carbocycles. The molecule has 2 rings (SSSR count). The molecule has 0 spiro atoms. The predicted octanol–water partition coefficient (Wildman–Crippen LogP) is 2.09. The molecule has 0 atom stereocenters. The van der Waals surface area contributed by atoms with E-state index in [1.165, 1.54) is 0 Å². The molecule has 0 aliphatic rings. The Kier molecular flexibility index (Phi) is 5.92. The molecule has 6 heteroatoms. The fourth-order valence-electron chi connectivity index (χ4n) is 1.51. The number of nitrogens with zero attached hydrogens (tertiary/aromatic N) is 2. The van der Waals surface area contributed by atoms with Gasteiger partial charge in [-0.05, 0) is 24.4 Å². The highest BCUT2D eigenvalue weighted by molar-refractivity contribution is 7.80. The maximum absolute atomic E-state index is 5.40. The molecule has 19 heavy (non-hydrogen) atoms. The van der Waals surface area contributed by atoms with Crippen molar-refractivity contribution in [1.82, 2.24) is 10.4 Å². The van der Waals surface area contributed by atoms with Crippen LogP contribution in [0.4, 0.5) is 0 Å². The molecule has 0 saturated carbocycles. The number of hydrazone groups is 1. The molecule has 1 heterocycles. The van der Waals surface area contributed by atoms with Crippen LogP contribution in [0.3, 0.4) is 0 Å². The summed E-state index contributed by atoms with van der Waals surface area (Å²) in [6, 6.07) is 13.6. The molecule has 0 unspecified atom stereocenters. The Hall–Kier alpha value is -1.98. The van der Waals surface area contributed by atoms with Crippen molar-refractivity contribution in [2.45, 2.75) is 0 Å². The third kappa shape index (κ3) is 4.31. The molecule has 0 radical (unpaired) electrons. The van der Waals surface area contributed by atoms with Gasteiger partial charge in [-0.2, -0.15) is 5.10 Å². The number of rotatable bonds is 3. The summed E-state index contributed by atoms with van der Waals surface area (Å²) in [5, 5.41) is 4.37. The van der Waals surface area contributed by atoms with Crippen LogP contribution in [-0.2, 0) is 0 Å². The van der Waals surface area contributed by atoms with Crippen molar-refractivity contribution in [2.24, 2.45) is 10.8 Å². The van der Waals surface area contributed by atoms with Crippen molar-refractivity contribution in [3.8, 4) is 0 Å². The first-order chi connectivity index (χ1) is 8.77. The Labute approximate surface area is 123 Å². The highest BCUT2D eigenvalue weighted by atomic mass is 35.5. The van der Waals surface area contributed by atoms with Gasteiger partial charge in [-0.3, -0.25) is 10.4 Å². The predicted molar refractivity (Wildman–Crippen MR) is 83.5 cm³/mol. The average Bonchev–Trinajstić information content (AvgIpc) is 2.41. The standard InChI is InChI=1S/C13H12N4S.ClH/c14-13(18)17-16-12(10-4-2-1-3-5-10)11-6-8-15-9-7-11;/h1-9H,(H3,14,17,18);1H/b16-12+;. The molecule has 0 aliphatic heterocycles. The molecular formula is C13H13ClN4S. The highest BCUT2D eigenvalue weighted by Gasteiger charge is 2.06. The Morgan fingerprint density at radius 3 is 2.21 bits per heavy atom. The quantitative estimate of drug-likeness (QED) is 0.516. The maximum Gasteiger partial charge on any atom is 0.184 e. The largest absolute Gasteiger partial charge is 0.375 e. The zero-order valence-corrected chi connectivity index (χ0v) is 11.6. The van der Waals surface area contributed by atoms with Crippen LogP contribution in [0.1, 0.15) is 11.1 Å². The zero-order valence-electron chi connectivity index (χ0n) is 9.98. The van der Waals surface area contributed by atoms with Gasteiger partial charge in [-0.15, -0.1) is 12.4 Å². The summed E-state index contributed by atoms with van der Waals surface area (Å²) in [5.74, 6) is 0. The average molecular weight is 293 g/mol. The summed E-state index contributed by atoms with van der Waals surface area (Å²) in [5.41, 5.74) is 10.7. The number of benzene rings is 1. The van der Waals surface area contributed by atoms with Crippen LogP contribution in [0.15, 0.2) is 60.0 Å². The number of hydrogen-bond donors (Lipinski definition) is 2. The molecule has 2 aromatic rings. The minimum Gasteiger partial charge on any atom is -0.375 e. The van der Waals surface area contributed by atoms with Gasteiger partial charge in [0, 0.05) is 23.5 Å².